The van der Waals surface area contributed by atoms with E-state index in [2.05, 4.69) is 9.97 Å². The molecule has 0 radical (unpaired) electrons. The van der Waals surface area contributed by atoms with Gasteiger partial charge in [0.05, 0.1) is 12.4 Å². The molecular weight excluding hydrogens is 354 g/mol. The number of halogens is 1. The Kier molecular flexibility index (Phi) is 4.75. The van der Waals surface area contributed by atoms with Gasteiger partial charge in [0.2, 0.25) is 11.7 Å². The molecule has 0 N–H and O–H groups in total. The highest BCUT2D eigenvalue weighted by molar-refractivity contribution is 6.31. The second kappa shape index (κ2) is 7.33. The Morgan fingerprint density at radius 1 is 1.27 bits per heavy atom. The van der Waals surface area contributed by atoms with Crippen LogP contribution in [0.1, 0.15) is 53.1 Å². The lowest BCUT2D eigenvalue weighted by Crippen LogP contribution is -2.38. The molecule has 7 heteroatoms. The van der Waals surface area contributed by atoms with E-state index < -0.39 is 0 Å². The molecule has 0 bridgehead atoms. The van der Waals surface area contributed by atoms with Crippen LogP contribution in [0.2, 0.25) is 5.02 Å². The molecule has 1 saturated heterocycles. The summed E-state index contributed by atoms with van der Waals surface area (Å²) in [6, 6.07) is 7.46. The third kappa shape index (κ3) is 3.37. The molecule has 0 saturated carbocycles. The van der Waals surface area contributed by atoms with Gasteiger partial charge in [0.15, 0.2) is 6.39 Å². The summed E-state index contributed by atoms with van der Waals surface area (Å²) >= 11 is 6.22. The number of likely N-dealkylation sites (tertiary alicyclic amines) is 1. The molecule has 1 fully saturated rings. The molecular formula is C19H18ClN3O3. The quantitative estimate of drug-likeness (QED) is 0.684. The lowest BCUT2D eigenvalue weighted by molar-refractivity contribution is 0.0538. The zero-order chi connectivity index (χ0) is 17.9. The smallest absolute Gasteiger partial charge is 0.291 e. The largest absolute Gasteiger partial charge is 0.443 e. The highest BCUT2D eigenvalue weighted by atomic mass is 35.5. The minimum absolute atomic E-state index is 0.182. The van der Waals surface area contributed by atoms with Crippen molar-refractivity contribution >= 4 is 17.5 Å². The van der Waals surface area contributed by atoms with Crippen molar-refractivity contribution < 1.29 is 13.6 Å². The highest BCUT2D eigenvalue weighted by Gasteiger charge is 2.33. The van der Waals surface area contributed by atoms with Crippen molar-refractivity contribution in [2.24, 2.45) is 0 Å². The van der Waals surface area contributed by atoms with Gasteiger partial charge >= 0.3 is 0 Å². The SMILES string of the molecule is O=C(c1cnco1)N1CCCC[C@H]1c1ncc(Cc2ccccc2Cl)o1. The number of aromatic nitrogens is 2. The number of hydrogen-bond donors (Lipinski definition) is 0. The van der Waals surface area contributed by atoms with E-state index in [1.54, 1.807) is 11.1 Å². The fraction of sp³-hybridized carbons (Fsp3) is 0.316. The van der Waals surface area contributed by atoms with Crippen molar-refractivity contribution in [1.82, 2.24) is 14.9 Å². The summed E-state index contributed by atoms with van der Waals surface area (Å²) in [6.45, 7) is 0.645. The third-order valence-electron chi connectivity index (χ3n) is 4.59. The van der Waals surface area contributed by atoms with Crippen LogP contribution in [0.15, 0.2) is 51.9 Å². The molecule has 134 valence electrons. The van der Waals surface area contributed by atoms with Crippen LogP contribution in [0.3, 0.4) is 0 Å². The molecule has 26 heavy (non-hydrogen) atoms. The first-order chi connectivity index (χ1) is 12.7. The summed E-state index contributed by atoms with van der Waals surface area (Å²) in [5, 5.41) is 0.699. The number of carbonyl (C=O) groups is 1. The average Bonchev–Trinajstić information content (AvgIpc) is 3.35. The maximum Gasteiger partial charge on any atom is 0.291 e. The molecule has 1 atom stereocenters. The van der Waals surface area contributed by atoms with Crippen molar-refractivity contribution in [3.05, 3.63) is 71.1 Å². The predicted molar refractivity (Wildman–Crippen MR) is 94.9 cm³/mol. The third-order valence-corrected chi connectivity index (χ3v) is 4.95. The number of rotatable bonds is 4. The minimum atomic E-state index is -0.193. The van der Waals surface area contributed by atoms with Gasteiger partial charge in [-0.2, -0.15) is 0 Å². The van der Waals surface area contributed by atoms with E-state index in [1.165, 1.54) is 12.6 Å². The molecule has 1 aliphatic heterocycles. The Morgan fingerprint density at radius 2 is 2.15 bits per heavy atom. The lowest BCUT2D eigenvalue weighted by atomic mass is 10.0. The lowest BCUT2D eigenvalue weighted by Gasteiger charge is -2.33. The number of carbonyl (C=O) groups excluding carboxylic acids is 1. The summed E-state index contributed by atoms with van der Waals surface area (Å²) in [6.07, 6.45) is 7.76. The Morgan fingerprint density at radius 3 is 2.96 bits per heavy atom. The monoisotopic (exact) mass is 371 g/mol. The van der Waals surface area contributed by atoms with Crippen molar-refractivity contribution in [2.75, 3.05) is 6.54 Å². The molecule has 0 aliphatic carbocycles. The van der Waals surface area contributed by atoms with Crippen molar-refractivity contribution in [3.8, 4) is 0 Å². The zero-order valence-corrected chi connectivity index (χ0v) is 14.9. The molecule has 1 aliphatic rings. The maximum absolute atomic E-state index is 12.7. The molecule has 4 rings (SSSR count). The Labute approximate surface area is 155 Å². The minimum Gasteiger partial charge on any atom is -0.443 e. The van der Waals surface area contributed by atoms with Crippen LogP contribution >= 0.6 is 11.6 Å². The number of benzene rings is 1. The Hall–Kier alpha value is -2.60. The van der Waals surface area contributed by atoms with E-state index in [1.807, 2.05) is 24.3 Å². The number of nitrogens with zero attached hydrogens (tertiary/aromatic N) is 3. The number of amides is 1. The second-order valence-electron chi connectivity index (χ2n) is 6.31. The molecule has 3 aromatic rings. The molecule has 0 spiro atoms. The number of hydrogen-bond acceptors (Lipinski definition) is 5. The average molecular weight is 372 g/mol. The van der Waals surface area contributed by atoms with Gasteiger partial charge < -0.3 is 13.7 Å². The first-order valence-corrected chi connectivity index (χ1v) is 8.97. The van der Waals surface area contributed by atoms with Crippen molar-refractivity contribution in [3.63, 3.8) is 0 Å². The van der Waals surface area contributed by atoms with Gasteiger partial charge in [-0.1, -0.05) is 29.8 Å². The van der Waals surface area contributed by atoms with Gasteiger partial charge in [0.25, 0.3) is 5.91 Å². The summed E-state index contributed by atoms with van der Waals surface area (Å²) in [4.78, 5) is 22.7. The van der Waals surface area contributed by atoms with Gasteiger partial charge in [-0.25, -0.2) is 9.97 Å². The maximum atomic E-state index is 12.7. The second-order valence-corrected chi connectivity index (χ2v) is 6.72. The zero-order valence-electron chi connectivity index (χ0n) is 14.1. The molecule has 6 nitrogen and oxygen atoms in total. The fourth-order valence-electron chi connectivity index (χ4n) is 3.28. The van der Waals surface area contributed by atoms with Crippen molar-refractivity contribution in [1.29, 1.82) is 0 Å². The Balaban J connectivity index is 1.55. The molecule has 2 aromatic heterocycles. The van der Waals surface area contributed by atoms with E-state index in [0.717, 1.165) is 30.6 Å². The van der Waals surface area contributed by atoms with E-state index in [4.69, 9.17) is 20.4 Å². The highest BCUT2D eigenvalue weighted by Crippen LogP contribution is 2.32. The van der Waals surface area contributed by atoms with Gasteiger partial charge in [-0.3, -0.25) is 4.79 Å². The first-order valence-electron chi connectivity index (χ1n) is 8.60. The van der Waals surface area contributed by atoms with E-state index >= 15 is 0 Å². The summed E-state index contributed by atoms with van der Waals surface area (Å²) < 4.78 is 11.1. The summed E-state index contributed by atoms with van der Waals surface area (Å²) in [5.74, 6) is 1.34. The van der Waals surface area contributed by atoms with Crippen LogP contribution in [0.4, 0.5) is 0 Å². The standard InChI is InChI=1S/C19H18ClN3O3/c20-15-6-2-1-5-13(15)9-14-10-22-18(26-14)16-7-3-4-8-23(16)19(24)17-11-21-12-25-17/h1-2,5-6,10-12,16H,3-4,7-9H2/t16-/m0/s1. The topological polar surface area (TPSA) is 72.4 Å². The summed E-state index contributed by atoms with van der Waals surface area (Å²) in [5.41, 5.74) is 0.982. The van der Waals surface area contributed by atoms with Crippen LogP contribution in [-0.4, -0.2) is 27.3 Å². The molecule has 1 amide bonds. The molecule has 0 unspecified atom stereocenters. The summed E-state index contributed by atoms with van der Waals surface area (Å²) in [7, 11) is 0. The van der Waals surface area contributed by atoms with E-state index in [0.29, 0.717) is 23.9 Å². The van der Waals surface area contributed by atoms with E-state index in [-0.39, 0.29) is 17.7 Å². The van der Waals surface area contributed by atoms with E-state index in [9.17, 15) is 4.79 Å². The normalized spacial score (nSPS) is 17.4. The van der Waals surface area contributed by atoms with Crippen molar-refractivity contribution in [2.45, 2.75) is 31.7 Å². The van der Waals surface area contributed by atoms with Crippen LogP contribution in [0.5, 0.6) is 0 Å². The molecule has 3 heterocycles. The van der Waals surface area contributed by atoms with Gasteiger partial charge in [-0.15, -0.1) is 0 Å². The molecule has 1 aromatic carbocycles. The Bertz CT molecular complexity index is 891. The van der Waals surface area contributed by atoms with Gasteiger partial charge in [0.1, 0.15) is 11.8 Å². The van der Waals surface area contributed by atoms with Crippen LogP contribution < -0.4 is 0 Å². The first kappa shape index (κ1) is 16.8. The number of piperidine rings is 1. The fourth-order valence-corrected chi connectivity index (χ4v) is 3.48. The predicted octanol–water partition coefficient (Wildman–Crippen LogP) is 4.27. The van der Waals surface area contributed by atoms with Crippen LogP contribution in [-0.2, 0) is 6.42 Å². The van der Waals surface area contributed by atoms with Crippen LogP contribution in [0, 0.1) is 0 Å². The van der Waals surface area contributed by atoms with Crippen LogP contribution in [0.25, 0.3) is 0 Å². The van der Waals surface area contributed by atoms with Gasteiger partial charge in [0, 0.05) is 18.0 Å². The van der Waals surface area contributed by atoms with Gasteiger partial charge in [-0.05, 0) is 30.9 Å². The number of oxazole rings is 2.